The smallest absolute Gasteiger partial charge is 0.408 e. The third-order valence-electron chi connectivity index (χ3n) is 3.23. The third kappa shape index (κ3) is 4.93. The zero-order valence-corrected chi connectivity index (χ0v) is 11.8. The number of aliphatic carboxylic acids is 1. The number of carbonyl (C=O) groups is 2. The molecule has 0 aromatic rings. The van der Waals surface area contributed by atoms with Crippen LogP contribution in [0, 0.1) is 11.3 Å². The molecule has 1 amide bonds. The molecule has 108 valence electrons. The van der Waals surface area contributed by atoms with E-state index in [0.717, 1.165) is 19.3 Å². The molecule has 3 atom stereocenters. The van der Waals surface area contributed by atoms with Gasteiger partial charge in [-0.05, 0) is 30.6 Å². The van der Waals surface area contributed by atoms with Crippen LogP contribution < -0.4 is 5.32 Å². The molecule has 1 saturated carbocycles. The van der Waals surface area contributed by atoms with Gasteiger partial charge in [0.1, 0.15) is 12.1 Å². The van der Waals surface area contributed by atoms with Gasteiger partial charge in [-0.15, -0.1) is 6.58 Å². The summed E-state index contributed by atoms with van der Waals surface area (Å²) in [7, 11) is 0. The summed E-state index contributed by atoms with van der Waals surface area (Å²) in [5.74, 6) is -0.662. The lowest BCUT2D eigenvalue weighted by Gasteiger charge is -2.27. The van der Waals surface area contributed by atoms with E-state index in [9.17, 15) is 9.59 Å². The van der Waals surface area contributed by atoms with Gasteiger partial charge in [0.25, 0.3) is 0 Å². The van der Waals surface area contributed by atoms with Gasteiger partial charge >= 0.3 is 12.1 Å². The molecule has 1 aliphatic carbocycles. The molecule has 0 saturated heterocycles. The molecule has 1 aliphatic rings. The van der Waals surface area contributed by atoms with Crippen LogP contribution in [0.3, 0.4) is 0 Å². The highest BCUT2D eigenvalue weighted by atomic mass is 16.6. The highest BCUT2D eigenvalue weighted by Gasteiger charge is 2.41. The summed E-state index contributed by atoms with van der Waals surface area (Å²) in [6, 6.07) is -0.953. The second-order valence-corrected chi connectivity index (χ2v) is 6.09. The van der Waals surface area contributed by atoms with E-state index >= 15 is 0 Å². The van der Waals surface area contributed by atoms with Crippen LogP contribution in [-0.2, 0) is 9.53 Å². The maximum atomic E-state index is 11.7. The van der Waals surface area contributed by atoms with Crippen molar-refractivity contribution in [2.24, 2.45) is 11.3 Å². The lowest BCUT2D eigenvalue weighted by atomic mass is 9.87. The molecule has 2 N–H and O–H groups in total. The summed E-state index contributed by atoms with van der Waals surface area (Å²) in [5, 5.41) is 11.5. The Bertz CT molecular complexity index is 359. The number of hydrogen-bond donors (Lipinski definition) is 2. The van der Waals surface area contributed by atoms with Crippen molar-refractivity contribution >= 4 is 12.1 Å². The Morgan fingerprint density at radius 2 is 2.16 bits per heavy atom. The number of carbonyl (C=O) groups excluding carboxylic acids is 1. The monoisotopic (exact) mass is 269 g/mol. The summed E-state index contributed by atoms with van der Waals surface area (Å²) in [6.45, 7) is 8.93. The van der Waals surface area contributed by atoms with Crippen LogP contribution in [0.4, 0.5) is 4.79 Å². The predicted octanol–water partition coefficient (Wildman–Crippen LogP) is 2.57. The van der Waals surface area contributed by atoms with Crippen LogP contribution in [0.1, 0.15) is 40.0 Å². The first-order chi connectivity index (χ1) is 8.75. The van der Waals surface area contributed by atoms with Gasteiger partial charge in [0.2, 0.25) is 0 Å². The largest absolute Gasteiger partial charge is 0.480 e. The summed E-state index contributed by atoms with van der Waals surface area (Å²) >= 11 is 0. The molecule has 5 heteroatoms. The molecule has 5 nitrogen and oxygen atoms in total. The van der Waals surface area contributed by atoms with Crippen LogP contribution in [-0.4, -0.2) is 29.3 Å². The number of carboxylic acid groups (broad SMARTS) is 1. The first-order valence-electron chi connectivity index (χ1n) is 6.56. The fourth-order valence-corrected chi connectivity index (χ4v) is 1.94. The number of hydrogen-bond acceptors (Lipinski definition) is 3. The average Bonchev–Trinajstić information content (AvgIpc) is 2.99. The minimum atomic E-state index is -1.05. The molecular weight excluding hydrogens is 246 g/mol. The van der Waals surface area contributed by atoms with Gasteiger partial charge in [0.05, 0.1) is 0 Å². The molecule has 0 aromatic heterocycles. The van der Waals surface area contributed by atoms with Gasteiger partial charge in [-0.2, -0.15) is 0 Å². The Hall–Kier alpha value is -1.52. The standard InChI is InChI=1S/C14H23NO4/c1-5-6-7-9-8-10(9)19-13(18)15-11(12(16)17)14(2,3)4/h5,9-11H,1,6-8H2,2-4H3,(H,15,18)(H,16,17)/t9-,10-,11-/m1/s1. The molecule has 0 spiro atoms. The van der Waals surface area contributed by atoms with Crippen LogP contribution >= 0.6 is 0 Å². The Labute approximate surface area is 114 Å². The molecule has 19 heavy (non-hydrogen) atoms. The van der Waals surface area contributed by atoms with Gasteiger partial charge in [0, 0.05) is 0 Å². The number of carboxylic acids is 1. The van der Waals surface area contributed by atoms with E-state index in [2.05, 4.69) is 11.9 Å². The third-order valence-corrected chi connectivity index (χ3v) is 3.23. The zero-order valence-electron chi connectivity index (χ0n) is 11.8. The van der Waals surface area contributed by atoms with Gasteiger partial charge in [0.15, 0.2) is 0 Å². The van der Waals surface area contributed by atoms with Crippen molar-refractivity contribution in [3.05, 3.63) is 12.7 Å². The Morgan fingerprint density at radius 3 is 2.63 bits per heavy atom. The Kier molecular flexibility index (Phi) is 4.97. The number of alkyl carbamates (subject to hydrolysis) is 1. The van der Waals surface area contributed by atoms with E-state index in [4.69, 9.17) is 9.84 Å². The number of nitrogens with one attached hydrogen (secondary N) is 1. The topological polar surface area (TPSA) is 75.6 Å². The van der Waals surface area contributed by atoms with E-state index in [-0.39, 0.29) is 6.10 Å². The SMILES string of the molecule is C=CCC[C@@H]1C[C@H]1OC(=O)N[C@H](C(=O)O)C(C)(C)C. The van der Waals surface area contributed by atoms with E-state index in [1.807, 2.05) is 6.08 Å². The fourth-order valence-electron chi connectivity index (χ4n) is 1.94. The zero-order chi connectivity index (χ0) is 14.6. The second kappa shape index (κ2) is 6.08. The second-order valence-electron chi connectivity index (χ2n) is 6.09. The van der Waals surface area contributed by atoms with Crippen molar-refractivity contribution in [3.63, 3.8) is 0 Å². The fraction of sp³-hybridized carbons (Fsp3) is 0.714. The van der Waals surface area contributed by atoms with Crippen LogP contribution in [0.25, 0.3) is 0 Å². The molecule has 0 aromatic carbocycles. The predicted molar refractivity (Wildman–Crippen MR) is 71.8 cm³/mol. The van der Waals surface area contributed by atoms with Crippen molar-refractivity contribution < 1.29 is 19.4 Å². The lowest BCUT2D eigenvalue weighted by Crippen LogP contribution is -2.49. The molecule has 1 rings (SSSR count). The van der Waals surface area contributed by atoms with Crippen molar-refractivity contribution in [2.45, 2.75) is 52.2 Å². The number of amides is 1. The molecule has 0 bridgehead atoms. The van der Waals surface area contributed by atoms with E-state index in [1.165, 1.54) is 0 Å². The first kappa shape index (κ1) is 15.5. The maximum Gasteiger partial charge on any atom is 0.408 e. The van der Waals surface area contributed by atoms with Crippen LogP contribution in [0.2, 0.25) is 0 Å². The minimum Gasteiger partial charge on any atom is -0.480 e. The summed E-state index contributed by atoms with van der Waals surface area (Å²) in [4.78, 5) is 22.8. The average molecular weight is 269 g/mol. The van der Waals surface area contributed by atoms with Gasteiger partial charge in [-0.1, -0.05) is 26.8 Å². The van der Waals surface area contributed by atoms with E-state index < -0.39 is 23.5 Å². The summed E-state index contributed by atoms with van der Waals surface area (Å²) < 4.78 is 5.20. The molecule has 0 radical (unpaired) electrons. The highest BCUT2D eigenvalue weighted by molar-refractivity contribution is 5.80. The van der Waals surface area contributed by atoms with E-state index in [1.54, 1.807) is 20.8 Å². The number of rotatable bonds is 6. The Morgan fingerprint density at radius 1 is 1.53 bits per heavy atom. The van der Waals surface area contributed by atoms with E-state index in [0.29, 0.717) is 5.92 Å². The van der Waals surface area contributed by atoms with Crippen LogP contribution in [0.5, 0.6) is 0 Å². The van der Waals surface area contributed by atoms with Gasteiger partial charge < -0.3 is 15.2 Å². The molecule has 0 unspecified atom stereocenters. The van der Waals surface area contributed by atoms with Gasteiger partial charge in [-0.25, -0.2) is 9.59 Å². The molecule has 0 heterocycles. The van der Waals surface area contributed by atoms with Crippen LogP contribution in [0.15, 0.2) is 12.7 Å². The maximum absolute atomic E-state index is 11.7. The Balaban J connectivity index is 2.39. The van der Waals surface area contributed by atoms with Crippen molar-refractivity contribution in [2.75, 3.05) is 0 Å². The normalized spacial score (nSPS) is 23.3. The molecule has 1 fully saturated rings. The lowest BCUT2D eigenvalue weighted by molar-refractivity contribution is -0.142. The number of allylic oxidation sites excluding steroid dienone is 1. The van der Waals surface area contributed by atoms with Gasteiger partial charge in [-0.3, -0.25) is 0 Å². The van der Waals surface area contributed by atoms with Crippen molar-refractivity contribution in [3.8, 4) is 0 Å². The van der Waals surface area contributed by atoms with Crippen molar-refractivity contribution in [1.29, 1.82) is 0 Å². The molecule has 0 aliphatic heterocycles. The molecular formula is C14H23NO4. The number of ether oxygens (including phenoxy) is 1. The summed E-state index contributed by atoms with van der Waals surface area (Å²) in [5.41, 5.74) is -0.559. The minimum absolute atomic E-state index is 0.0747. The quantitative estimate of drug-likeness (QED) is 0.727. The highest BCUT2D eigenvalue weighted by Crippen LogP contribution is 2.37. The summed E-state index contributed by atoms with van der Waals surface area (Å²) in [6.07, 6.45) is 3.85. The van der Waals surface area contributed by atoms with Crippen molar-refractivity contribution in [1.82, 2.24) is 5.32 Å². The first-order valence-corrected chi connectivity index (χ1v) is 6.56.